The summed E-state index contributed by atoms with van der Waals surface area (Å²) >= 11 is 5.68. The minimum atomic E-state index is 0.662. The molecule has 6 heteroatoms. The van der Waals surface area contributed by atoms with Crippen LogP contribution in [0.15, 0.2) is 12.3 Å². The molecule has 2 aromatic heterocycles. The largest absolute Gasteiger partial charge is 0.268 e. The highest BCUT2D eigenvalue weighted by atomic mass is 35.5. The lowest BCUT2D eigenvalue weighted by atomic mass is 10.3. The number of alkyl halides is 1. The van der Waals surface area contributed by atoms with Gasteiger partial charge >= 0.3 is 0 Å². The Balaban J connectivity index is 2.07. The van der Waals surface area contributed by atoms with Crippen LogP contribution in [-0.2, 0) is 25.9 Å². The first-order valence-corrected chi connectivity index (χ1v) is 7.30. The average molecular weight is 282 g/mol. The highest BCUT2D eigenvalue weighted by molar-refractivity contribution is 6.17. The molecule has 19 heavy (non-hydrogen) atoms. The third-order valence-corrected chi connectivity index (χ3v) is 3.32. The Bertz CT molecular complexity index is 517. The zero-order valence-corrected chi connectivity index (χ0v) is 12.3. The second kappa shape index (κ2) is 6.70. The second-order valence-electron chi connectivity index (χ2n) is 4.50. The summed E-state index contributed by atoms with van der Waals surface area (Å²) in [6, 6.07) is 2.14. The molecule has 104 valence electrons. The zero-order chi connectivity index (χ0) is 13.7. The van der Waals surface area contributed by atoms with E-state index in [-0.39, 0.29) is 0 Å². The van der Waals surface area contributed by atoms with Crippen molar-refractivity contribution in [2.24, 2.45) is 0 Å². The van der Waals surface area contributed by atoms with E-state index in [9.17, 15) is 0 Å². The first-order valence-electron chi connectivity index (χ1n) is 6.77. The van der Waals surface area contributed by atoms with Crippen LogP contribution in [0.4, 0.5) is 0 Å². The van der Waals surface area contributed by atoms with Crippen molar-refractivity contribution in [3.05, 3.63) is 29.3 Å². The van der Waals surface area contributed by atoms with E-state index < -0.39 is 0 Å². The van der Waals surface area contributed by atoms with Crippen LogP contribution in [0.1, 0.15) is 37.4 Å². The number of halogens is 1. The molecular formula is C13H20ClN5. The third kappa shape index (κ3) is 3.56. The van der Waals surface area contributed by atoms with Crippen molar-refractivity contribution in [3.63, 3.8) is 0 Å². The molecule has 0 atom stereocenters. The van der Waals surface area contributed by atoms with E-state index in [1.165, 1.54) is 5.69 Å². The van der Waals surface area contributed by atoms with Crippen molar-refractivity contribution >= 4 is 11.6 Å². The van der Waals surface area contributed by atoms with E-state index in [4.69, 9.17) is 11.6 Å². The maximum atomic E-state index is 5.68. The Morgan fingerprint density at radius 2 is 2.11 bits per heavy atom. The SMILES string of the molecule is CCc1cc(Cn2cc(CCCCl)nn2)n(CC)n1. The Morgan fingerprint density at radius 3 is 2.79 bits per heavy atom. The van der Waals surface area contributed by atoms with Crippen molar-refractivity contribution in [2.45, 2.75) is 46.2 Å². The Morgan fingerprint density at radius 1 is 1.26 bits per heavy atom. The van der Waals surface area contributed by atoms with E-state index in [1.807, 2.05) is 15.6 Å². The summed E-state index contributed by atoms with van der Waals surface area (Å²) in [5.41, 5.74) is 3.30. The summed E-state index contributed by atoms with van der Waals surface area (Å²) in [6.07, 6.45) is 4.77. The quantitative estimate of drug-likeness (QED) is 0.732. The van der Waals surface area contributed by atoms with Crippen molar-refractivity contribution in [3.8, 4) is 0 Å². The number of aromatic nitrogens is 5. The average Bonchev–Trinajstić information content (AvgIpc) is 3.03. The molecule has 0 aromatic carbocycles. The minimum Gasteiger partial charge on any atom is -0.268 e. The van der Waals surface area contributed by atoms with E-state index in [0.29, 0.717) is 12.4 Å². The molecule has 0 unspecified atom stereocenters. The summed E-state index contributed by atoms with van der Waals surface area (Å²) in [7, 11) is 0. The van der Waals surface area contributed by atoms with Crippen molar-refractivity contribution in [1.29, 1.82) is 0 Å². The monoisotopic (exact) mass is 281 g/mol. The lowest BCUT2D eigenvalue weighted by molar-refractivity contribution is 0.563. The molecule has 0 aliphatic heterocycles. The number of nitrogens with zero attached hydrogens (tertiary/aromatic N) is 5. The van der Waals surface area contributed by atoms with Crippen LogP contribution in [-0.4, -0.2) is 30.7 Å². The summed E-state index contributed by atoms with van der Waals surface area (Å²) in [5.74, 6) is 0.662. The van der Waals surface area contributed by atoms with Crippen molar-refractivity contribution < 1.29 is 0 Å². The predicted octanol–water partition coefficient (Wildman–Crippen LogP) is 2.28. The van der Waals surface area contributed by atoms with Gasteiger partial charge in [-0.05, 0) is 32.3 Å². The van der Waals surface area contributed by atoms with Crippen molar-refractivity contribution in [2.75, 3.05) is 5.88 Å². The molecule has 0 N–H and O–H groups in total. The summed E-state index contributed by atoms with van der Waals surface area (Å²) in [5, 5.41) is 12.9. The smallest absolute Gasteiger partial charge is 0.0846 e. The van der Waals surface area contributed by atoms with Gasteiger partial charge in [-0.25, -0.2) is 4.68 Å². The molecule has 0 saturated heterocycles. The Hall–Kier alpha value is -1.36. The number of rotatable bonds is 7. The van der Waals surface area contributed by atoms with Gasteiger partial charge in [0.1, 0.15) is 0 Å². The molecule has 0 amide bonds. The molecule has 0 aliphatic carbocycles. The molecule has 0 fully saturated rings. The zero-order valence-electron chi connectivity index (χ0n) is 11.5. The maximum Gasteiger partial charge on any atom is 0.0846 e. The molecule has 0 saturated carbocycles. The van der Waals surface area contributed by atoms with Gasteiger partial charge in [-0.3, -0.25) is 4.68 Å². The molecule has 5 nitrogen and oxygen atoms in total. The molecule has 2 rings (SSSR count). The van der Waals surface area contributed by atoms with Crippen LogP contribution in [0.5, 0.6) is 0 Å². The van der Waals surface area contributed by atoms with Gasteiger partial charge in [-0.15, -0.1) is 16.7 Å². The fourth-order valence-corrected chi connectivity index (χ4v) is 2.17. The lowest BCUT2D eigenvalue weighted by Crippen LogP contribution is -2.08. The lowest BCUT2D eigenvalue weighted by Gasteiger charge is -2.03. The van der Waals surface area contributed by atoms with Gasteiger partial charge in [0.2, 0.25) is 0 Å². The van der Waals surface area contributed by atoms with Gasteiger partial charge in [0.15, 0.2) is 0 Å². The second-order valence-corrected chi connectivity index (χ2v) is 4.87. The van der Waals surface area contributed by atoms with Gasteiger partial charge in [0.05, 0.1) is 23.6 Å². The molecule has 2 aromatic rings. The van der Waals surface area contributed by atoms with Crippen LogP contribution in [0.3, 0.4) is 0 Å². The third-order valence-electron chi connectivity index (χ3n) is 3.05. The normalized spacial score (nSPS) is 11.1. The number of hydrogen-bond donors (Lipinski definition) is 0. The van der Waals surface area contributed by atoms with E-state index in [0.717, 1.165) is 37.2 Å². The predicted molar refractivity (Wildman–Crippen MR) is 75.4 cm³/mol. The summed E-state index contributed by atoms with van der Waals surface area (Å²) in [4.78, 5) is 0. The van der Waals surface area contributed by atoms with E-state index in [1.54, 1.807) is 0 Å². The minimum absolute atomic E-state index is 0.662. The van der Waals surface area contributed by atoms with Gasteiger partial charge in [-0.1, -0.05) is 12.1 Å². The Kier molecular flexibility index (Phi) is 4.96. The van der Waals surface area contributed by atoms with Crippen LogP contribution in [0, 0.1) is 0 Å². The standard InChI is InChI=1S/C13H20ClN5/c1-3-11-8-13(19(4-2)16-11)10-18-9-12(15-17-18)6-5-7-14/h8-9H,3-7,10H2,1-2H3. The first kappa shape index (κ1) is 14.1. The van der Waals surface area contributed by atoms with Crippen LogP contribution >= 0.6 is 11.6 Å². The van der Waals surface area contributed by atoms with Crippen LogP contribution < -0.4 is 0 Å². The number of aryl methyl sites for hydroxylation is 3. The number of hydrogen-bond acceptors (Lipinski definition) is 3. The fourth-order valence-electron chi connectivity index (χ4n) is 2.03. The van der Waals surface area contributed by atoms with E-state index >= 15 is 0 Å². The molecule has 0 bridgehead atoms. The topological polar surface area (TPSA) is 48.5 Å². The van der Waals surface area contributed by atoms with Gasteiger partial charge in [-0.2, -0.15) is 5.10 Å². The fraction of sp³-hybridized carbons (Fsp3) is 0.615. The molecule has 0 spiro atoms. The van der Waals surface area contributed by atoms with Gasteiger partial charge in [0, 0.05) is 18.6 Å². The molecule has 0 aliphatic rings. The summed E-state index contributed by atoms with van der Waals surface area (Å²) < 4.78 is 3.89. The first-order chi connectivity index (χ1) is 9.26. The molecule has 2 heterocycles. The molecular weight excluding hydrogens is 262 g/mol. The van der Waals surface area contributed by atoms with Gasteiger partial charge in [0.25, 0.3) is 0 Å². The maximum absolute atomic E-state index is 5.68. The summed E-state index contributed by atoms with van der Waals surface area (Å²) in [6.45, 7) is 5.81. The van der Waals surface area contributed by atoms with Gasteiger partial charge < -0.3 is 0 Å². The molecule has 0 radical (unpaired) electrons. The van der Waals surface area contributed by atoms with E-state index in [2.05, 4.69) is 35.3 Å². The van der Waals surface area contributed by atoms with Crippen molar-refractivity contribution in [1.82, 2.24) is 24.8 Å². The van der Waals surface area contributed by atoms with Crippen LogP contribution in [0.2, 0.25) is 0 Å². The highest BCUT2D eigenvalue weighted by Gasteiger charge is 2.08. The van der Waals surface area contributed by atoms with Crippen LogP contribution in [0.25, 0.3) is 0 Å². The Labute approximate surface area is 118 Å². The highest BCUT2D eigenvalue weighted by Crippen LogP contribution is 2.08.